The van der Waals surface area contributed by atoms with E-state index in [4.69, 9.17) is 84.7 Å². The van der Waals surface area contributed by atoms with Gasteiger partial charge in [0.15, 0.2) is 18.9 Å². The summed E-state index contributed by atoms with van der Waals surface area (Å²) in [7, 11) is -10.2. The SMILES string of the molecule is C=CCC(=C)/C=C/[C@@](C)(O)[C@H]1O[C@@H]2C[C@@H]3O[C@@H]4C[C@@H]5O[C@@H]6C[C@@H]7O[C@@H]8C[C@@H]9O[C@@H]%10C[C@@H]%11O[C@](C)(CCCOS(=O)(=O)[O-])[C@@H](OS(=O)(=O)[O-])C[C@H]%11O[C@H]%10C[C@H]9O[C@H]8CC[C@@]7(C)O[C@@]6(C)C[C@H](C)[C@H]5O[C@H]4[C@@H](O[C@H]4O[C@@H](CO[C@H]5O[C@@H](CO[C@H]6O[C@@H](CO)[C@H](O)[C@H]6O)[C@H](O)[C@H]5O)[C@H](O)[C@H]4O)[C@@]3(C)O[C@H]2CC1=C.[Na+].[Na+]. The number of allylic oxidation sites excluding steroid dienone is 3. The zero-order valence-electron chi connectivity index (χ0n) is 61.7. The second-order valence-corrected chi connectivity index (χ2v) is 34.6. The van der Waals surface area contributed by atoms with Gasteiger partial charge in [0.1, 0.15) is 90.6 Å². The average molecular weight is 1580 g/mol. The quantitative estimate of drug-likeness (QED) is 0.0132. The Balaban J connectivity index is 0.00000536. The first-order chi connectivity index (χ1) is 49.4. The Kier molecular flexibility index (Phi) is 26.7. The Morgan fingerprint density at radius 3 is 1.77 bits per heavy atom. The molecule has 0 aromatic carbocycles. The van der Waals surface area contributed by atoms with Gasteiger partial charge in [-0.1, -0.05) is 43.9 Å². The first kappa shape index (κ1) is 86.1. The molecule has 14 fully saturated rings. The van der Waals surface area contributed by atoms with Crippen LogP contribution < -0.4 is 59.1 Å². The maximum absolute atomic E-state index is 12.0. The molecule has 14 aliphatic rings. The summed E-state index contributed by atoms with van der Waals surface area (Å²) in [5, 5.41) is 87.6. The number of fused-ring (bicyclic) bond motifs is 10. The summed E-state index contributed by atoms with van der Waals surface area (Å²) in [6.45, 7) is 21.5. The number of rotatable bonds is 21. The predicted molar refractivity (Wildman–Crippen MR) is 352 cm³/mol. The maximum Gasteiger partial charge on any atom is 1.00 e. The molecular weight excluding hydrogens is 1480 g/mol. The van der Waals surface area contributed by atoms with Crippen molar-refractivity contribution in [2.75, 3.05) is 26.4 Å². The molecule has 0 unspecified atom stereocenters. The molecule has 0 amide bonds. The maximum atomic E-state index is 12.0. The molecule has 0 aromatic rings. The molecule has 0 saturated carbocycles. The number of hydrogen-bond acceptors (Lipinski definition) is 33. The Morgan fingerprint density at radius 1 is 0.617 bits per heavy atom. The molecule has 0 spiro atoms. The van der Waals surface area contributed by atoms with Crippen LogP contribution in [0.25, 0.3) is 0 Å². The molecule has 14 saturated heterocycles. The molecule has 107 heavy (non-hydrogen) atoms. The first-order valence-electron chi connectivity index (χ1n) is 36.9. The van der Waals surface area contributed by atoms with E-state index >= 15 is 0 Å². The Labute approximate surface area is 667 Å². The van der Waals surface area contributed by atoms with E-state index in [0.29, 0.717) is 63.4 Å². The Hall–Kier alpha value is -0.300. The van der Waals surface area contributed by atoms with Crippen molar-refractivity contribution < 1.29 is 215 Å². The summed E-state index contributed by atoms with van der Waals surface area (Å²) in [5.41, 5.74) is -4.66. The third kappa shape index (κ3) is 17.7. The monoisotopic (exact) mass is 1580 g/mol. The van der Waals surface area contributed by atoms with Crippen LogP contribution in [0.2, 0.25) is 0 Å². The van der Waals surface area contributed by atoms with Crippen LogP contribution >= 0.6 is 0 Å². The van der Waals surface area contributed by atoms with Crippen LogP contribution in [0.15, 0.2) is 49.1 Å². The van der Waals surface area contributed by atoms with Crippen molar-refractivity contribution >= 4 is 20.8 Å². The topological polar surface area (TPSA) is 452 Å². The molecule has 0 aromatic heterocycles. The summed E-state index contributed by atoms with van der Waals surface area (Å²) in [6.07, 6.45) is -20.6. The van der Waals surface area contributed by atoms with Gasteiger partial charge >= 0.3 is 59.1 Å². The van der Waals surface area contributed by atoms with Crippen molar-refractivity contribution in [1.82, 2.24) is 0 Å². The Bertz CT molecular complexity index is 3400. The van der Waals surface area contributed by atoms with E-state index < -0.39 is 259 Å². The van der Waals surface area contributed by atoms with Crippen LogP contribution in [0, 0.1) is 5.92 Å². The average Bonchev–Trinajstić information content (AvgIpc) is 1.68. The second kappa shape index (κ2) is 33.2. The number of hydrogen-bond donors (Lipinski definition) is 8. The van der Waals surface area contributed by atoms with Gasteiger partial charge in [-0.2, -0.15) is 0 Å². The van der Waals surface area contributed by atoms with Crippen LogP contribution in [0.5, 0.6) is 0 Å². The van der Waals surface area contributed by atoms with Crippen LogP contribution in [0.4, 0.5) is 0 Å². The van der Waals surface area contributed by atoms with E-state index in [1.807, 2.05) is 6.92 Å². The van der Waals surface area contributed by atoms with Crippen LogP contribution in [0.3, 0.4) is 0 Å². The minimum atomic E-state index is -5.22. The van der Waals surface area contributed by atoms with E-state index in [1.54, 1.807) is 32.1 Å². The van der Waals surface area contributed by atoms with Gasteiger partial charge < -0.3 is 130 Å². The van der Waals surface area contributed by atoms with Gasteiger partial charge in [0.25, 0.3) is 0 Å². The number of aliphatic hydroxyl groups is 8. The predicted octanol–water partition coefficient (Wildman–Crippen LogP) is -6.23. The molecule has 14 aliphatic heterocycles. The number of ether oxygens (including phenoxy) is 17. The van der Waals surface area contributed by atoms with Crippen molar-refractivity contribution in [2.24, 2.45) is 5.92 Å². The largest absolute Gasteiger partial charge is 1.00 e. The van der Waals surface area contributed by atoms with Gasteiger partial charge in [-0.3, -0.25) is 8.37 Å². The van der Waals surface area contributed by atoms with Gasteiger partial charge in [-0.25, -0.2) is 16.8 Å². The zero-order valence-corrected chi connectivity index (χ0v) is 67.4. The van der Waals surface area contributed by atoms with Crippen LogP contribution in [-0.4, -0.2) is 317 Å². The standard InChI is InChI=1S/C70H106O33S2.2Na/c1-10-12-31(2)13-16-66(5,78)61-32(3)19-42-41(94-61)25-52-70(9,101-42)62(99-65-58(77)55(74)48(97-65)30-86-64-57(76)54(73)47(96-64)29-85-63-56(75)53(72)46(28-71)95-63)60-45(93-52)23-44-59(98-60)33(4)27-69(8)50(92-44)26-49-68(7,103-69)17-14-34-35(91-49)20-37-36(88-34)21-38-39(89-37)22-43-40(90-38)24-51(102-105(82,83)84)67(6,100-43)15-11-18-87-104(79,80)81;;/h10,13,16,33-65,71-78H,1-3,11-12,14-15,17-30H2,4-9H3,(H,79,80,81)(H,82,83,84);;/q;2*+1/p-2/b16-13+;;/t33-,34-,35+,36+,37-,38-,39+,40+,41+,42-,43-,44-,45+,46-,47-,48-,49-,50+,51-,52-,53-,54-,55-,56+,57+,58+,59+,60+,61-,62+,63-,64-,65+,66+,67+,68+,69-,70-;;/m0../s1. The molecule has 0 radical (unpaired) electrons. The summed E-state index contributed by atoms with van der Waals surface area (Å²) < 4.78 is 192. The van der Waals surface area contributed by atoms with Crippen molar-refractivity contribution in [1.29, 1.82) is 0 Å². The van der Waals surface area contributed by atoms with Crippen molar-refractivity contribution in [2.45, 2.75) is 355 Å². The van der Waals surface area contributed by atoms with Crippen molar-refractivity contribution in [3.63, 3.8) is 0 Å². The molecule has 37 heteroatoms. The zero-order chi connectivity index (χ0) is 75.0. The normalized spacial score (nSPS) is 50.7. The van der Waals surface area contributed by atoms with Crippen LogP contribution in [-0.2, 0) is 110 Å². The molecule has 14 heterocycles. The van der Waals surface area contributed by atoms with Crippen molar-refractivity contribution in [3.05, 3.63) is 49.1 Å². The third-order valence-corrected chi connectivity index (χ3v) is 25.6. The third-order valence-electron chi connectivity index (χ3n) is 24.7. The van der Waals surface area contributed by atoms with E-state index in [2.05, 4.69) is 44.7 Å². The van der Waals surface area contributed by atoms with Gasteiger partial charge in [0.2, 0.25) is 20.8 Å². The first-order valence-corrected chi connectivity index (χ1v) is 39.6. The molecule has 0 aliphatic carbocycles. The van der Waals surface area contributed by atoms with Crippen molar-refractivity contribution in [3.8, 4) is 0 Å². The molecule has 0 bridgehead atoms. The van der Waals surface area contributed by atoms with Gasteiger partial charge in [-0.05, 0) is 91.1 Å². The second-order valence-electron chi connectivity index (χ2n) is 32.5. The summed E-state index contributed by atoms with van der Waals surface area (Å²) in [5.74, 6) is -0.212. The fraction of sp³-hybridized carbons (Fsp3) is 0.886. The van der Waals surface area contributed by atoms with Gasteiger partial charge in [0.05, 0.1) is 141 Å². The minimum absolute atomic E-state index is 0. The van der Waals surface area contributed by atoms with E-state index in [1.165, 1.54) is 0 Å². The molecule has 8 N–H and O–H groups in total. The van der Waals surface area contributed by atoms with E-state index in [0.717, 1.165) is 5.57 Å². The molecule has 14 rings (SSSR count). The molecular formula is C70H104Na2O33S2. The molecule has 38 atom stereocenters. The van der Waals surface area contributed by atoms with Gasteiger partial charge in [-0.15, -0.1) is 6.58 Å². The van der Waals surface area contributed by atoms with E-state index in [9.17, 15) is 66.8 Å². The Morgan fingerprint density at radius 2 is 1.15 bits per heavy atom. The number of aliphatic hydroxyl groups excluding tert-OH is 7. The fourth-order valence-corrected chi connectivity index (χ4v) is 20.1. The molecule has 33 nitrogen and oxygen atoms in total. The smallest absolute Gasteiger partial charge is 0.726 e. The summed E-state index contributed by atoms with van der Waals surface area (Å²) in [4.78, 5) is 0. The van der Waals surface area contributed by atoms with Gasteiger partial charge in [0, 0.05) is 44.9 Å². The molecule has 596 valence electrons. The minimum Gasteiger partial charge on any atom is -0.726 e. The fourth-order valence-electron chi connectivity index (χ4n) is 19.2. The summed E-state index contributed by atoms with van der Waals surface area (Å²) in [6, 6.07) is 0. The van der Waals surface area contributed by atoms with E-state index in [-0.39, 0.29) is 109 Å². The summed E-state index contributed by atoms with van der Waals surface area (Å²) >= 11 is 0. The van der Waals surface area contributed by atoms with Crippen LogP contribution in [0.1, 0.15) is 131 Å².